The van der Waals surface area contributed by atoms with Crippen LogP contribution in [-0.4, -0.2) is 13.1 Å². The molecule has 0 spiro atoms. The molecule has 1 aromatic heterocycles. The first-order valence-corrected chi connectivity index (χ1v) is 5.84. The first-order chi connectivity index (χ1) is 6.79. The largest absolute Gasteiger partial charge is 0.302 e. The molecule has 0 aliphatic rings. The highest BCUT2D eigenvalue weighted by atomic mass is 32.2. The second-order valence-electron chi connectivity index (χ2n) is 2.64. The van der Waals surface area contributed by atoms with Gasteiger partial charge in [-0.15, -0.1) is 0 Å². The highest BCUT2D eigenvalue weighted by Gasteiger charge is 2.12. The molecule has 2 aromatic rings. The summed E-state index contributed by atoms with van der Waals surface area (Å²) in [6.45, 7) is 0. The summed E-state index contributed by atoms with van der Waals surface area (Å²) in [4.78, 5) is 0.376. The Labute approximate surface area is 87.9 Å². The van der Waals surface area contributed by atoms with Crippen LogP contribution in [0.15, 0.2) is 40.6 Å². The summed E-state index contributed by atoms with van der Waals surface area (Å²) in [6, 6.07) is 9.37. The summed E-state index contributed by atoms with van der Waals surface area (Å²) in [6.07, 6.45) is 0. The lowest BCUT2D eigenvalue weighted by molar-refractivity contribution is 0.565. The van der Waals surface area contributed by atoms with E-state index in [4.69, 9.17) is 4.55 Å². The molecule has 3 nitrogen and oxygen atoms in total. The second kappa shape index (κ2) is 4.00. The molecule has 0 saturated heterocycles. The molecule has 0 radical (unpaired) electrons. The molecule has 1 unspecified atom stereocenters. The van der Waals surface area contributed by atoms with Crippen molar-refractivity contribution in [1.29, 1.82) is 0 Å². The number of hydrogen-bond acceptors (Lipinski definition) is 3. The fraction of sp³-hybridized carbons (Fsp3) is 0. The molecule has 1 atom stereocenters. The van der Waals surface area contributed by atoms with Gasteiger partial charge in [0.05, 0.1) is 0 Å². The lowest BCUT2D eigenvalue weighted by atomic mass is 10.2. The van der Waals surface area contributed by atoms with E-state index >= 15 is 0 Å². The molecule has 0 amide bonds. The zero-order valence-electron chi connectivity index (χ0n) is 7.08. The smallest absolute Gasteiger partial charge is 0.189 e. The Morgan fingerprint density at radius 2 is 2.00 bits per heavy atom. The molecule has 5 heteroatoms. The van der Waals surface area contributed by atoms with Gasteiger partial charge in [-0.05, 0) is 11.5 Å². The maximum absolute atomic E-state index is 10.9. The Morgan fingerprint density at radius 3 is 2.64 bits per heavy atom. The van der Waals surface area contributed by atoms with E-state index in [0.717, 1.165) is 5.56 Å². The average molecular weight is 225 g/mol. The van der Waals surface area contributed by atoms with Crippen LogP contribution in [0.5, 0.6) is 0 Å². The number of benzene rings is 1. The van der Waals surface area contributed by atoms with Crippen molar-refractivity contribution in [3.05, 3.63) is 35.7 Å². The number of hydrogen-bond donors (Lipinski definition) is 1. The molecular weight excluding hydrogens is 218 g/mol. The summed E-state index contributed by atoms with van der Waals surface area (Å²) >= 11 is -0.776. The van der Waals surface area contributed by atoms with Crippen LogP contribution in [0.4, 0.5) is 0 Å². The van der Waals surface area contributed by atoms with Crippen molar-refractivity contribution >= 4 is 22.6 Å². The van der Waals surface area contributed by atoms with Crippen molar-refractivity contribution in [2.24, 2.45) is 0 Å². The first-order valence-electron chi connectivity index (χ1n) is 3.89. The average Bonchev–Trinajstić information content (AvgIpc) is 2.67. The van der Waals surface area contributed by atoms with E-state index in [1.807, 2.05) is 30.3 Å². The van der Waals surface area contributed by atoms with Crippen LogP contribution >= 0.6 is 11.5 Å². The fourth-order valence-corrected chi connectivity index (χ4v) is 2.56. The van der Waals surface area contributed by atoms with Crippen LogP contribution in [0.2, 0.25) is 0 Å². The molecule has 0 bridgehead atoms. The van der Waals surface area contributed by atoms with E-state index < -0.39 is 11.1 Å². The van der Waals surface area contributed by atoms with E-state index in [0.29, 0.717) is 10.6 Å². The zero-order valence-corrected chi connectivity index (χ0v) is 8.72. The van der Waals surface area contributed by atoms with Crippen molar-refractivity contribution in [2.45, 2.75) is 4.90 Å². The number of rotatable bonds is 2. The molecule has 0 fully saturated rings. The quantitative estimate of drug-likeness (QED) is 0.798. The minimum Gasteiger partial charge on any atom is -0.302 e. The van der Waals surface area contributed by atoms with Gasteiger partial charge in [-0.25, -0.2) is 4.21 Å². The lowest BCUT2D eigenvalue weighted by Gasteiger charge is -1.97. The highest BCUT2D eigenvalue weighted by molar-refractivity contribution is 7.79. The summed E-state index contributed by atoms with van der Waals surface area (Å²) in [5, 5.41) is 1.60. The third kappa shape index (κ3) is 1.75. The maximum atomic E-state index is 10.9. The number of nitrogens with zero attached hydrogens (tertiary/aromatic N) is 1. The van der Waals surface area contributed by atoms with Gasteiger partial charge in [0, 0.05) is 10.9 Å². The van der Waals surface area contributed by atoms with Gasteiger partial charge in [-0.2, -0.15) is 4.37 Å². The lowest BCUT2D eigenvalue weighted by Crippen LogP contribution is -1.89. The third-order valence-electron chi connectivity index (χ3n) is 1.77. The van der Waals surface area contributed by atoms with Crippen molar-refractivity contribution in [2.75, 3.05) is 0 Å². The molecule has 72 valence electrons. The van der Waals surface area contributed by atoms with Gasteiger partial charge < -0.3 is 4.55 Å². The van der Waals surface area contributed by atoms with Gasteiger partial charge in [0.2, 0.25) is 0 Å². The predicted octanol–water partition coefficient (Wildman–Crippen LogP) is 2.39. The zero-order chi connectivity index (χ0) is 9.97. The molecule has 14 heavy (non-hydrogen) atoms. The highest BCUT2D eigenvalue weighted by Crippen LogP contribution is 2.25. The van der Waals surface area contributed by atoms with E-state index in [2.05, 4.69) is 4.37 Å². The van der Waals surface area contributed by atoms with Crippen LogP contribution in [0.3, 0.4) is 0 Å². The molecular formula is C9H7NO2S2. The minimum absolute atomic E-state index is 0.376. The van der Waals surface area contributed by atoms with E-state index in [-0.39, 0.29) is 0 Å². The summed E-state index contributed by atoms with van der Waals surface area (Å²) < 4.78 is 24.0. The van der Waals surface area contributed by atoms with E-state index in [1.54, 1.807) is 5.38 Å². The molecule has 1 aromatic carbocycles. The molecule has 1 heterocycles. The predicted molar refractivity (Wildman–Crippen MR) is 56.6 cm³/mol. The molecule has 0 aliphatic carbocycles. The van der Waals surface area contributed by atoms with Gasteiger partial charge in [-0.3, -0.25) is 0 Å². The van der Waals surface area contributed by atoms with E-state index in [9.17, 15) is 4.21 Å². The third-order valence-corrected chi connectivity index (χ3v) is 3.24. The van der Waals surface area contributed by atoms with Crippen molar-refractivity contribution in [3.8, 4) is 11.3 Å². The Kier molecular flexibility index (Phi) is 2.72. The Morgan fingerprint density at radius 1 is 1.29 bits per heavy atom. The SMILES string of the molecule is O=S(O)c1csnc1-c1ccccc1. The summed E-state index contributed by atoms with van der Waals surface area (Å²) in [7, 11) is 0. The minimum atomic E-state index is -1.96. The van der Waals surface area contributed by atoms with Gasteiger partial charge in [-0.1, -0.05) is 30.3 Å². The molecule has 0 aliphatic heterocycles. The van der Waals surface area contributed by atoms with Crippen molar-refractivity contribution < 1.29 is 8.76 Å². The molecule has 2 rings (SSSR count). The summed E-state index contributed by atoms with van der Waals surface area (Å²) in [5.74, 6) is 0. The number of aromatic nitrogens is 1. The van der Waals surface area contributed by atoms with Crippen LogP contribution < -0.4 is 0 Å². The first kappa shape index (κ1) is 9.51. The van der Waals surface area contributed by atoms with E-state index in [1.165, 1.54) is 11.5 Å². The maximum Gasteiger partial charge on any atom is 0.189 e. The Bertz CT molecular complexity index is 453. The van der Waals surface area contributed by atoms with Gasteiger partial charge in [0.15, 0.2) is 11.1 Å². The summed E-state index contributed by atoms with van der Waals surface area (Å²) in [5.41, 5.74) is 1.46. The van der Waals surface area contributed by atoms with Gasteiger partial charge in [0.25, 0.3) is 0 Å². The Hall–Kier alpha value is -1.04. The topological polar surface area (TPSA) is 50.2 Å². The van der Waals surface area contributed by atoms with Crippen LogP contribution in [0, 0.1) is 0 Å². The van der Waals surface area contributed by atoms with Gasteiger partial charge in [0.1, 0.15) is 10.6 Å². The normalized spacial score (nSPS) is 12.6. The molecule has 0 saturated carbocycles. The standard InChI is InChI=1S/C9H7NO2S2/c11-14(12)8-6-13-10-9(8)7-4-2-1-3-5-7/h1-6H,(H,11,12). The second-order valence-corrected chi connectivity index (χ2v) is 4.21. The van der Waals surface area contributed by atoms with Crippen LogP contribution in [0.1, 0.15) is 0 Å². The Balaban J connectivity index is 2.52. The fourth-order valence-electron chi connectivity index (χ4n) is 1.14. The van der Waals surface area contributed by atoms with Gasteiger partial charge >= 0.3 is 0 Å². The van der Waals surface area contributed by atoms with Crippen LogP contribution in [-0.2, 0) is 11.1 Å². The molecule has 1 N–H and O–H groups in total. The van der Waals surface area contributed by atoms with Crippen molar-refractivity contribution in [3.63, 3.8) is 0 Å². The van der Waals surface area contributed by atoms with Crippen LogP contribution in [0.25, 0.3) is 11.3 Å². The van der Waals surface area contributed by atoms with Crippen molar-refractivity contribution in [1.82, 2.24) is 4.37 Å². The monoisotopic (exact) mass is 225 g/mol.